The van der Waals surface area contributed by atoms with Gasteiger partial charge in [-0.3, -0.25) is 9.59 Å². The molecule has 1 N–H and O–H groups in total. The molecule has 0 radical (unpaired) electrons. The maximum absolute atomic E-state index is 12.3. The number of carbonyl (C=O) groups excluding carboxylic acids is 1. The van der Waals surface area contributed by atoms with Gasteiger partial charge in [0.25, 0.3) is 0 Å². The number of aliphatic carboxylic acids is 1. The molecule has 0 aliphatic heterocycles. The Morgan fingerprint density at radius 2 is 2.26 bits per heavy atom. The van der Waals surface area contributed by atoms with E-state index in [1.807, 2.05) is 6.92 Å². The first-order valence-corrected chi connectivity index (χ1v) is 7.47. The van der Waals surface area contributed by atoms with Gasteiger partial charge in [-0.15, -0.1) is 11.3 Å². The zero-order chi connectivity index (χ0) is 14.0. The molecule has 1 heterocycles. The second-order valence-corrected chi connectivity index (χ2v) is 5.93. The largest absolute Gasteiger partial charge is 0.481 e. The lowest BCUT2D eigenvalue weighted by Crippen LogP contribution is -2.34. The minimum absolute atomic E-state index is 0.0228. The number of hydrogen-bond donors (Lipinski definition) is 1. The van der Waals surface area contributed by atoms with Gasteiger partial charge in [0.1, 0.15) is 0 Å². The van der Waals surface area contributed by atoms with Crippen molar-refractivity contribution in [3.8, 4) is 0 Å². The number of aryl methyl sites for hydroxylation is 1. The molecular weight excluding hydrogens is 262 g/mol. The predicted octanol–water partition coefficient (Wildman–Crippen LogP) is 2.48. The minimum Gasteiger partial charge on any atom is -0.481 e. The monoisotopic (exact) mass is 281 g/mol. The molecule has 0 saturated heterocycles. The highest BCUT2D eigenvalue weighted by Crippen LogP contribution is 2.51. The molecule has 1 aliphatic carbocycles. The van der Waals surface area contributed by atoms with Crippen LogP contribution in [-0.4, -0.2) is 35.0 Å². The molecule has 1 aromatic rings. The fourth-order valence-corrected chi connectivity index (χ4v) is 3.52. The Labute approximate surface area is 117 Å². The Balaban J connectivity index is 1.94. The van der Waals surface area contributed by atoms with E-state index >= 15 is 0 Å². The second-order valence-electron chi connectivity index (χ2n) is 4.98. The van der Waals surface area contributed by atoms with Gasteiger partial charge in [0, 0.05) is 29.8 Å². The summed E-state index contributed by atoms with van der Waals surface area (Å²) in [4.78, 5) is 25.9. The van der Waals surface area contributed by atoms with E-state index in [-0.39, 0.29) is 18.2 Å². The molecule has 4 nitrogen and oxygen atoms in total. The zero-order valence-electron chi connectivity index (χ0n) is 11.3. The Morgan fingerprint density at radius 3 is 2.79 bits per heavy atom. The number of thiophene rings is 1. The number of carboxylic acid groups (broad SMARTS) is 1. The van der Waals surface area contributed by atoms with Crippen molar-refractivity contribution >= 4 is 23.2 Å². The lowest BCUT2D eigenvalue weighted by Gasteiger charge is -2.20. The van der Waals surface area contributed by atoms with Gasteiger partial charge in [0.15, 0.2) is 0 Å². The van der Waals surface area contributed by atoms with E-state index in [4.69, 9.17) is 5.11 Å². The first-order chi connectivity index (χ1) is 9.04. The highest BCUT2D eigenvalue weighted by Gasteiger charge is 2.46. The smallest absolute Gasteiger partial charge is 0.305 e. The van der Waals surface area contributed by atoms with Gasteiger partial charge in [-0.25, -0.2) is 0 Å². The van der Waals surface area contributed by atoms with Gasteiger partial charge in [-0.05, 0) is 37.3 Å². The van der Waals surface area contributed by atoms with Crippen molar-refractivity contribution in [3.63, 3.8) is 0 Å². The molecule has 2 rings (SSSR count). The highest BCUT2D eigenvalue weighted by atomic mass is 32.1. The fourth-order valence-electron chi connectivity index (χ4n) is 2.41. The molecule has 2 atom stereocenters. The Morgan fingerprint density at radius 1 is 1.53 bits per heavy atom. The first-order valence-electron chi connectivity index (χ1n) is 6.59. The lowest BCUT2D eigenvalue weighted by molar-refractivity contribution is -0.138. The van der Waals surface area contributed by atoms with E-state index in [1.54, 1.807) is 16.2 Å². The third kappa shape index (κ3) is 3.15. The molecule has 19 heavy (non-hydrogen) atoms. The Kier molecular flexibility index (Phi) is 4.24. The summed E-state index contributed by atoms with van der Waals surface area (Å²) in [6.07, 6.45) is 0.929. The summed E-state index contributed by atoms with van der Waals surface area (Å²) in [5.74, 6) is -0.327. The third-order valence-electron chi connectivity index (χ3n) is 3.64. The average molecular weight is 281 g/mol. The van der Waals surface area contributed by atoms with Crippen LogP contribution in [0.1, 0.15) is 36.1 Å². The van der Waals surface area contributed by atoms with E-state index in [9.17, 15) is 9.59 Å². The zero-order valence-corrected chi connectivity index (χ0v) is 12.1. The maximum Gasteiger partial charge on any atom is 0.305 e. The first kappa shape index (κ1) is 14.1. The van der Waals surface area contributed by atoms with Crippen LogP contribution in [0, 0.1) is 12.8 Å². The summed E-state index contributed by atoms with van der Waals surface area (Å²) in [6, 6.07) is 2.09. The van der Waals surface area contributed by atoms with E-state index in [0.29, 0.717) is 19.0 Å². The molecule has 1 amide bonds. The normalized spacial score (nSPS) is 21.2. The molecule has 104 valence electrons. The molecule has 0 aromatic carbocycles. The van der Waals surface area contributed by atoms with Gasteiger partial charge in [-0.1, -0.05) is 0 Å². The Bertz CT molecular complexity index is 483. The van der Waals surface area contributed by atoms with Crippen molar-refractivity contribution in [2.45, 2.75) is 32.6 Å². The van der Waals surface area contributed by atoms with E-state index in [1.165, 1.54) is 10.4 Å². The van der Waals surface area contributed by atoms with Crippen molar-refractivity contribution in [3.05, 3.63) is 21.9 Å². The van der Waals surface area contributed by atoms with Crippen LogP contribution < -0.4 is 0 Å². The SMILES string of the molecule is CCN(CCC(=O)O)C(=O)C1CC1c1sccc1C. The molecule has 1 aromatic heterocycles. The van der Waals surface area contributed by atoms with Gasteiger partial charge in [0.2, 0.25) is 5.91 Å². The van der Waals surface area contributed by atoms with Crippen LogP contribution in [0.4, 0.5) is 0 Å². The van der Waals surface area contributed by atoms with Crippen LogP contribution in [0.25, 0.3) is 0 Å². The van der Waals surface area contributed by atoms with Crippen molar-refractivity contribution in [1.82, 2.24) is 4.90 Å². The molecule has 1 fully saturated rings. The molecular formula is C14H19NO3S. The number of hydrogen-bond acceptors (Lipinski definition) is 3. The molecule has 0 spiro atoms. The van der Waals surface area contributed by atoms with Crippen LogP contribution >= 0.6 is 11.3 Å². The van der Waals surface area contributed by atoms with E-state index in [0.717, 1.165) is 6.42 Å². The third-order valence-corrected chi connectivity index (χ3v) is 4.79. The lowest BCUT2D eigenvalue weighted by atomic mass is 10.2. The van der Waals surface area contributed by atoms with Crippen LogP contribution in [0.15, 0.2) is 11.4 Å². The van der Waals surface area contributed by atoms with E-state index in [2.05, 4.69) is 18.4 Å². The molecule has 1 aliphatic rings. The summed E-state index contributed by atoms with van der Waals surface area (Å²) in [5, 5.41) is 10.8. The fraction of sp³-hybridized carbons (Fsp3) is 0.571. The van der Waals surface area contributed by atoms with Gasteiger partial charge >= 0.3 is 5.97 Å². The number of carbonyl (C=O) groups is 2. The van der Waals surface area contributed by atoms with Crippen LogP contribution in [-0.2, 0) is 9.59 Å². The summed E-state index contributed by atoms with van der Waals surface area (Å²) in [5.41, 5.74) is 1.26. The van der Waals surface area contributed by atoms with Gasteiger partial charge < -0.3 is 10.0 Å². The number of nitrogens with zero attached hydrogens (tertiary/aromatic N) is 1. The van der Waals surface area contributed by atoms with Gasteiger partial charge in [-0.2, -0.15) is 0 Å². The quantitative estimate of drug-likeness (QED) is 0.871. The van der Waals surface area contributed by atoms with E-state index < -0.39 is 5.97 Å². The highest BCUT2D eigenvalue weighted by molar-refractivity contribution is 7.10. The van der Waals surface area contributed by atoms with Crippen molar-refractivity contribution in [2.24, 2.45) is 5.92 Å². The Hall–Kier alpha value is -1.36. The molecule has 5 heteroatoms. The second kappa shape index (κ2) is 5.74. The van der Waals surface area contributed by atoms with Crippen molar-refractivity contribution in [1.29, 1.82) is 0 Å². The van der Waals surface area contributed by atoms with Crippen LogP contribution in [0.2, 0.25) is 0 Å². The topological polar surface area (TPSA) is 57.6 Å². The standard InChI is InChI=1S/C14H19NO3S/c1-3-15(6-4-12(16)17)14(18)11-8-10(11)13-9(2)5-7-19-13/h5,7,10-11H,3-4,6,8H2,1-2H3,(H,16,17). The van der Waals surface area contributed by atoms with Crippen LogP contribution in [0.3, 0.4) is 0 Å². The van der Waals surface area contributed by atoms with Crippen LogP contribution in [0.5, 0.6) is 0 Å². The maximum atomic E-state index is 12.3. The van der Waals surface area contributed by atoms with Crippen molar-refractivity contribution in [2.75, 3.05) is 13.1 Å². The minimum atomic E-state index is -0.854. The number of carboxylic acids is 1. The average Bonchev–Trinajstić information content (AvgIpc) is 3.05. The molecule has 0 bridgehead atoms. The molecule has 2 unspecified atom stereocenters. The summed E-state index contributed by atoms with van der Waals surface area (Å²) in [7, 11) is 0. The number of rotatable bonds is 6. The van der Waals surface area contributed by atoms with Crippen molar-refractivity contribution < 1.29 is 14.7 Å². The predicted molar refractivity (Wildman–Crippen MR) is 74.4 cm³/mol. The summed E-state index contributed by atoms with van der Waals surface area (Å²) < 4.78 is 0. The number of amides is 1. The summed E-state index contributed by atoms with van der Waals surface area (Å²) in [6.45, 7) is 4.87. The van der Waals surface area contributed by atoms with Gasteiger partial charge in [0.05, 0.1) is 6.42 Å². The molecule has 1 saturated carbocycles. The summed E-state index contributed by atoms with van der Waals surface area (Å²) >= 11 is 1.71.